The molecule has 0 saturated carbocycles. The maximum Gasteiger partial charge on any atom is 0.143 e. The van der Waals surface area contributed by atoms with Gasteiger partial charge < -0.3 is 0 Å². The summed E-state index contributed by atoms with van der Waals surface area (Å²) in [7, 11) is 0. The summed E-state index contributed by atoms with van der Waals surface area (Å²) >= 11 is 0. The Bertz CT molecular complexity index is 167. The lowest BCUT2D eigenvalue weighted by Crippen LogP contribution is -2.37. The van der Waals surface area contributed by atoms with E-state index in [-0.39, 0.29) is 0 Å². The second kappa shape index (κ2) is 4.04. The number of nitrogens with zero attached hydrogens (tertiary/aromatic N) is 1. The number of hydrogen-bond acceptors (Lipinski definition) is 2. The Morgan fingerprint density at radius 2 is 2.17 bits per heavy atom. The first kappa shape index (κ1) is 9.72. The molecule has 0 radical (unpaired) electrons. The molecule has 70 valence electrons. The molecule has 0 aromatic carbocycles. The molecule has 1 rings (SSSR count). The van der Waals surface area contributed by atoms with Gasteiger partial charge in [-0.05, 0) is 33.1 Å². The summed E-state index contributed by atoms with van der Waals surface area (Å²) in [4.78, 5) is 13.3. The Hall–Kier alpha value is -0.370. The third-order valence-corrected chi connectivity index (χ3v) is 2.83. The van der Waals surface area contributed by atoms with E-state index >= 15 is 0 Å². The highest BCUT2D eigenvalue weighted by atomic mass is 16.1. The van der Waals surface area contributed by atoms with Crippen molar-refractivity contribution in [1.82, 2.24) is 4.90 Å². The maximum atomic E-state index is 11.0. The highest BCUT2D eigenvalue weighted by Crippen LogP contribution is 2.25. The van der Waals surface area contributed by atoms with Gasteiger partial charge in [0.2, 0.25) is 0 Å². The van der Waals surface area contributed by atoms with E-state index in [0.717, 1.165) is 0 Å². The standard InChI is InChI=1S/C10H19NO/c1-4-10-6-5-8(2)11(10)7-9(3)12/h8,10H,4-7H2,1-3H3. The zero-order chi connectivity index (χ0) is 9.14. The first-order valence-electron chi connectivity index (χ1n) is 4.90. The summed E-state index contributed by atoms with van der Waals surface area (Å²) in [5.74, 6) is 0.294. The normalized spacial score (nSPS) is 30.9. The van der Waals surface area contributed by atoms with Crippen LogP contribution < -0.4 is 0 Å². The number of rotatable bonds is 3. The summed E-state index contributed by atoms with van der Waals surface area (Å²) in [6.45, 7) is 6.76. The number of hydrogen-bond donors (Lipinski definition) is 0. The average molecular weight is 169 g/mol. The van der Waals surface area contributed by atoms with E-state index in [4.69, 9.17) is 0 Å². The second-order valence-corrected chi connectivity index (χ2v) is 3.86. The number of carbonyl (C=O) groups excluding carboxylic acids is 1. The second-order valence-electron chi connectivity index (χ2n) is 3.86. The van der Waals surface area contributed by atoms with Gasteiger partial charge in [0.1, 0.15) is 5.78 Å². The minimum atomic E-state index is 0.294. The molecule has 1 aliphatic rings. The number of ketones is 1. The molecule has 1 saturated heterocycles. The van der Waals surface area contributed by atoms with Crippen LogP contribution in [0.2, 0.25) is 0 Å². The lowest BCUT2D eigenvalue weighted by molar-refractivity contribution is -0.118. The van der Waals surface area contributed by atoms with Crippen molar-refractivity contribution < 1.29 is 4.79 Å². The van der Waals surface area contributed by atoms with Crippen molar-refractivity contribution in [2.45, 2.75) is 52.1 Å². The molecule has 0 aromatic rings. The van der Waals surface area contributed by atoms with Gasteiger partial charge in [-0.15, -0.1) is 0 Å². The van der Waals surface area contributed by atoms with Crippen LogP contribution in [-0.4, -0.2) is 29.3 Å². The van der Waals surface area contributed by atoms with Crippen LogP contribution in [0.1, 0.15) is 40.0 Å². The molecule has 0 N–H and O–H groups in total. The molecule has 2 nitrogen and oxygen atoms in total. The predicted octanol–water partition coefficient (Wildman–Crippen LogP) is 1.84. The first-order chi connectivity index (χ1) is 5.65. The van der Waals surface area contributed by atoms with Crippen LogP contribution in [0.3, 0.4) is 0 Å². The van der Waals surface area contributed by atoms with Gasteiger partial charge in [-0.3, -0.25) is 9.69 Å². The van der Waals surface area contributed by atoms with E-state index in [2.05, 4.69) is 18.7 Å². The molecule has 0 bridgehead atoms. The molecule has 12 heavy (non-hydrogen) atoms. The first-order valence-corrected chi connectivity index (χ1v) is 4.90. The molecule has 2 heteroatoms. The van der Waals surface area contributed by atoms with Crippen LogP contribution in [-0.2, 0) is 4.79 Å². The summed E-state index contributed by atoms with van der Waals surface area (Å²) in [5, 5.41) is 0. The van der Waals surface area contributed by atoms with Crippen LogP contribution in [0.4, 0.5) is 0 Å². The topological polar surface area (TPSA) is 20.3 Å². The lowest BCUT2D eigenvalue weighted by atomic mass is 10.1. The van der Waals surface area contributed by atoms with Crippen molar-refractivity contribution in [2.24, 2.45) is 0 Å². The largest absolute Gasteiger partial charge is 0.299 e. The maximum absolute atomic E-state index is 11.0. The van der Waals surface area contributed by atoms with Gasteiger partial charge in [-0.1, -0.05) is 6.92 Å². The van der Waals surface area contributed by atoms with Crippen LogP contribution in [0.25, 0.3) is 0 Å². The molecular formula is C10H19NO. The van der Waals surface area contributed by atoms with Crippen LogP contribution in [0, 0.1) is 0 Å². The summed E-state index contributed by atoms with van der Waals surface area (Å²) in [6.07, 6.45) is 3.70. The van der Waals surface area contributed by atoms with Gasteiger partial charge in [-0.25, -0.2) is 0 Å². The molecular weight excluding hydrogens is 150 g/mol. The Morgan fingerprint density at radius 1 is 1.50 bits per heavy atom. The van der Waals surface area contributed by atoms with Crippen LogP contribution in [0.15, 0.2) is 0 Å². The van der Waals surface area contributed by atoms with Crippen molar-refractivity contribution in [3.63, 3.8) is 0 Å². The van der Waals surface area contributed by atoms with E-state index in [9.17, 15) is 4.79 Å². The molecule has 0 aliphatic carbocycles. The molecule has 2 atom stereocenters. The Morgan fingerprint density at radius 3 is 2.67 bits per heavy atom. The molecule has 2 unspecified atom stereocenters. The zero-order valence-electron chi connectivity index (χ0n) is 8.34. The van der Waals surface area contributed by atoms with Gasteiger partial charge in [-0.2, -0.15) is 0 Å². The third-order valence-electron chi connectivity index (χ3n) is 2.83. The average Bonchev–Trinajstić information content (AvgIpc) is 2.32. The number of likely N-dealkylation sites (tertiary alicyclic amines) is 1. The predicted molar refractivity (Wildman–Crippen MR) is 50.2 cm³/mol. The Balaban J connectivity index is 2.51. The fraction of sp³-hybridized carbons (Fsp3) is 0.900. The number of carbonyl (C=O) groups is 1. The minimum absolute atomic E-state index is 0.294. The SMILES string of the molecule is CCC1CCC(C)N1CC(C)=O. The van der Waals surface area contributed by atoms with Crippen molar-refractivity contribution in [3.8, 4) is 0 Å². The molecule has 0 aromatic heterocycles. The molecule has 1 aliphatic heterocycles. The third kappa shape index (κ3) is 2.07. The minimum Gasteiger partial charge on any atom is -0.299 e. The molecule has 1 fully saturated rings. The van der Waals surface area contributed by atoms with Gasteiger partial charge >= 0.3 is 0 Å². The summed E-state index contributed by atoms with van der Waals surface area (Å²) < 4.78 is 0. The summed E-state index contributed by atoms with van der Waals surface area (Å²) in [6, 6.07) is 1.27. The summed E-state index contributed by atoms with van der Waals surface area (Å²) in [5.41, 5.74) is 0. The van der Waals surface area contributed by atoms with E-state index < -0.39 is 0 Å². The van der Waals surface area contributed by atoms with E-state index in [0.29, 0.717) is 24.4 Å². The van der Waals surface area contributed by atoms with Crippen LogP contribution in [0.5, 0.6) is 0 Å². The molecule has 0 spiro atoms. The Kier molecular flexibility index (Phi) is 3.27. The fourth-order valence-electron chi connectivity index (χ4n) is 2.11. The van der Waals surface area contributed by atoms with Gasteiger partial charge in [0.25, 0.3) is 0 Å². The quantitative estimate of drug-likeness (QED) is 0.642. The smallest absolute Gasteiger partial charge is 0.143 e. The van der Waals surface area contributed by atoms with Crippen LogP contribution >= 0.6 is 0 Å². The Labute approximate surface area is 74.9 Å². The van der Waals surface area contributed by atoms with Crippen molar-refractivity contribution in [1.29, 1.82) is 0 Å². The van der Waals surface area contributed by atoms with Crippen molar-refractivity contribution >= 4 is 5.78 Å². The monoisotopic (exact) mass is 169 g/mol. The highest BCUT2D eigenvalue weighted by molar-refractivity contribution is 5.77. The highest BCUT2D eigenvalue weighted by Gasteiger charge is 2.29. The zero-order valence-corrected chi connectivity index (χ0v) is 8.34. The van der Waals surface area contributed by atoms with E-state index in [1.807, 2.05) is 0 Å². The van der Waals surface area contributed by atoms with Gasteiger partial charge in [0.15, 0.2) is 0 Å². The molecule has 0 amide bonds. The fourth-order valence-corrected chi connectivity index (χ4v) is 2.11. The van der Waals surface area contributed by atoms with Crippen molar-refractivity contribution in [2.75, 3.05) is 6.54 Å². The van der Waals surface area contributed by atoms with Gasteiger partial charge in [0.05, 0.1) is 6.54 Å². The van der Waals surface area contributed by atoms with E-state index in [1.54, 1.807) is 6.92 Å². The lowest BCUT2D eigenvalue weighted by Gasteiger charge is -2.26. The van der Waals surface area contributed by atoms with Gasteiger partial charge in [0, 0.05) is 12.1 Å². The van der Waals surface area contributed by atoms with E-state index in [1.165, 1.54) is 19.3 Å². The number of Topliss-reactive ketones (excluding diaryl/α,β-unsaturated/α-hetero) is 1. The molecule has 1 heterocycles. The van der Waals surface area contributed by atoms with Crippen molar-refractivity contribution in [3.05, 3.63) is 0 Å².